The van der Waals surface area contributed by atoms with Crippen LogP contribution in [0.2, 0.25) is 0 Å². The zero-order chi connectivity index (χ0) is 31.4. The molecule has 1 aromatic heterocycles. The number of aliphatic hydroxyl groups is 3. The highest BCUT2D eigenvalue weighted by molar-refractivity contribution is 5.92. The second-order valence-corrected chi connectivity index (χ2v) is 9.78. The summed E-state index contributed by atoms with van der Waals surface area (Å²) in [5.41, 5.74) is 0.344. The van der Waals surface area contributed by atoms with E-state index in [4.69, 9.17) is 28.1 Å². The van der Waals surface area contributed by atoms with Gasteiger partial charge >= 0.3 is 5.97 Å². The number of phenolic OH excluding ortho intramolecular Hbond substituents is 1. The topological polar surface area (TPSA) is 174 Å². The van der Waals surface area contributed by atoms with Crippen LogP contribution in [0.1, 0.15) is 5.56 Å². The summed E-state index contributed by atoms with van der Waals surface area (Å²) in [7, 11) is 2.72. The summed E-state index contributed by atoms with van der Waals surface area (Å²) >= 11 is 0. The van der Waals surface area contributed by atoms with Crippen molar-refractivity contribution in [3.63, 3.8) is 0 Å². The average Bonchev–Trinajstić information content (AvgIpc) is 3.03. The first-order valence-corrected chi connectivity index (χ1v) is 13.5. The fraction of sp³-hybridized carbons (Fsp3) is 0.250. The molecular formula is C32H30O12. The molecular weight excluding hydrogens is 576 g/mol. The molecule has 12 heteroatoms. The smallest absolute Gasteiger partial charge is 0.331 e. The van der Waals surface area contributed by atoms with Gasteiger partial charge in [-0.3, -0.25) is 4.79 Å². The van der Waals surface area contributed by atoms with Gasteiger partial charge in [-0.25, -0.2) is 4.79 Å². The molecule has 4 N–H and O–H groups in total. The van der Waals surface area contributed by atoms with E-state index >= 15 is 0 Å². The normalized spacial score (nSPS) is 21.7. The number of fused-ring (bicyclic) bond motifs is 1. The van der Waals surface area contributed by atoms with E-state index in [2.05, 4.69) is 0 Å². The van der Waals surface area contributed by atoms with Crippen molar-refractivity contribution in [2.45, 2.75) is 30.7 Å². The highest BCUT2D eigenvalue weighted by Gasteiger charge is 2.47. The fourth-order valence-corrected chi connectivity index (χ4v) is 4.84. The maximum absolute atomic E-state index is 13.1. The molecule has 3 aromatic carbocycles. The van der Waals surface area contributed by atoms with Crippen LogP contribution in [-0.2, 0) is 14.3 Å². The maximum atomic E-state index is 13.1. The van der Waals surface area contributed by atoms with Crippen LogP contribution in [0.3, 0.4) is 0 Å². The molecule has 5 rings (SSSR count). The van der Waals surface area contributed by atoms with Crippen molar-refractivity contribution in [3.8, 4) is 34.3 Å². The molecule has 0 spiro atoms. The number of methoxy groups -OCH3 is 2. The number of phenols is 1. The van der Waals surface area contributed by atoms with Gasteiger partial charge in [-0.2, -0.15) is 0 Å². The molecule has 1 fully saturated rings. The van der Waals surface area contributed by atoms with Crippen LogP contribution in [0, 0.1) is 0 Å². The largest absolute Gasteiger partial charge is 0.507 e. The van der Waals surface area contributed by atoms with Gasteiger partial charge in [0.25, 0.3) is 0 Å². The zero-order valence-electron chi connectivity index (χ0n) is 23.7. The molecule has 4 aromatic rings. The van der Waals surface area contributed by atoms with Crippen LogP contribution in [0.4, 0.5) is 0 Å². The number of esters is 1. The molecule has 0 radical (unpaired) electrons. The number of hydrogen-bond acceptors (Lipinski definition) is 12. The molecule has 1 aliphatic rings. The molecule has 1 aliphatic heterocycles. The van der Waals surface area contributed by atoms with Gasteiger partial charge in [0.1, 0.15) is 41.0 Å². The van der Waals surface area contributed by atoms with E-state index in [1.807, 2.05) is 6.07 Å². The van der Waals surface area contributed by atoms with Gasteiger partial charge in [0.05, 0.1) is 26.4 Å². The number of rotatable bonds is 9. The van der Waals surface area contributed by atoms with Crippen LogP contribution in [0.5, 0.6) is 23.0 Å². The van der Waals surface area contributed by atoms with Crippen molar-refractivity contribution in [2.24, 2.45) is 0 Å². The molecule has 0 saturated carbocycles. The van der Waals surface area contributed by atoms with Crippen LogP contribution in [0.25, 0.3) is 28.4 Å². The van der Waals surface area contributed by atoms with Gasteiger partial charge < -0.3 is 48.5 Å². The minimum Gasteiger partial charge on any atom is -0.507 e. The number of carbonyl (C=O) groups excluding carboxylic acids is 1. The highest BCUT2D eigenvalue weighted by atomic mass is 16.7. The molecule has 5 atom stereocenters. The SMILES string of the molecule is COc1cc(O)c2c(=O)cc(-c3ccccc3O[C@@H]3O[C@H](CO)[C@@H](OC(=O)/C=C/c4ccccc4)[C@H](O)[C@H]3O)oc2c1OC. The summed E-state index contributed by atoms with van der Waals surface area (Å²) in [6.07, 6.45) is -4.92. The van der Waals surface area contributed by atoms with Gasteiger partial charge in [0, 0.05) is 18.2 Å². The minimum atomic E-state index is -1.72. The van der Waals surface area contributed by atoms with Crippen molar-refractivity contribution in [1.29, 1.82) is 0 Å². The van der Waals surface area contributed by atoms with E-state index in [0.29, 0.717) is 0 Å². The van der Waals surface area contributed by atoms with Gasteiger partial charge in [0.2, 0.25) is 12.0 Å². The number of carbonyl (C=O) groups is 1. The lowest BCUT2D eigenvalue weighted by Gasteiger charge is -2.41. The van der Waals surface area contributed by atoms with Crippen LogP contribution in [-0.4, -0.2) is 77.9 Å². The third kappa shape index (κ3) is 6.10. The number of aliphatic hydroxyl groups excluding tert-OH is 3. The average molecular weight is 607 g/mol. The van der Waals surface area contributed by atoms with E-state index in [1.54, 1.807) is 42.5 Å². The summed E-state index contributed by atoms with van der Waals surface area (Å²) in [5.74, 6) is -0.870. The first kappa shape index (κ1) is 30.6. The van der Waals surface area contributed by atoms with E-state index in [0.717, 1.165) is 17.7 Å². The Bertz CT molecular complexity index is 1710. The number of para-hydroxylation sites is 1. The molecule has 44 heavy (non-hydrogen) atoms. The number of benzene rings is 3. The molecule has 0 amide bonds. The van der Waals surface area contributed by atoms with Crippen molar-refractivity contribution in [3.05, 3.63) is 88.6 Å². The van der Waals surface area contributed by atoms with Gasteiger partial charge in [-0.15, -0.1) is 0 Å². The Morgan fingerprint density at radius 2 is 1.68 bits per heavy atom. The summed E-state index contributed by atoms with van der Waals surface area (Å²) in [5, 5.41) is 42.0. The molecule has 0 bridgehead atoms. The Morgan fingerprint density at radius 1 is 0.955 bits per heavy atom. The van der Waals surface area contributed by atoms with Gasteiger partial charge in [-0.05, 0) is 23.8 Å². The molecule has 2 heterocycles. The Balaban J connectivity index is 1.41. The maximum Gasteiger partial charge on any atom is 0.331 e. The third-order valence-corrected chi connectivity index (χ3v) is 7.01. The third-order valence-electron chi connectivity index (χ3n) is 7.01. The predicted octanol–water partition coefficient (Wildman–Crippen LogP) is 2.63. The minimum absolute atomic E-state index is 0.0191. The zero-order valence-corrected chi connectivity index (χ0v) is 23.7. The van der Waals surface area contributed by atoms with Crippen molar-refractivity contribution < 1.29 is 53.3 Å². The quantitative estimate of drug-likeness (QED) is 0.162. The summed E-state index contributed by atoms with van der Waals surface area (Å²) in [6, 6.07) is 17.7. The van der Waals surface area contributed by atoms with E-state index in [1.165, 1.54) is 32.4 Å². The summed E-state index contributed by atoms with van der Waals surface area (Å²) in [4.78, 5) is 25.5. The Morgan fingerprint density at radius 3 is 2.39 bits per heavy atom. The number of hydrogen-bond donors (Lipinski definition) is 4. The number of ether oxygens (including phenoxy) is 5. The second kappa shape index (κ2) is 13.2. The number of aromatic hydroxyl groups is 1. The summed E-state index contributed by atoms with van der Waals surface area (Å²) in [6.45, 7) is -0.670. The van der Waals surface area contributed by atoms with Crippen molar-refractivity contribution >= 4 is 23.0 Å². The summed E-state index contributed by atoms with van der Waals surface area (Å²) < 4.78 is 33.6. The lowest BCUT2D eigenvalue weighted by molar-refractivity contribution is -0.280. The molecule has 12 nitrogen and oxygen atoms in total. The lowest BCUT2D eigenvalue weighted by Crippen LogP contribution is -2.61. The Hall–Kier alpha value is -4.88. The van der Waals surface area contributed by atoms with E-state index in [-0.39, 0.29) is 45.3 Å². The van der Waals surface area contributed by atoms with Crippen molar-refractivity contribution in [2.75, 3.05) is 20.8 Å². The monoisotopic (exact) mass is 606 g/mol. The Labute approximate surface area is 250 Å². The molecule has 1 saturated heterocycles. The van der Waals surface area contributed by atoms with Crippen LogP contribution >= 0.6 is 0 Å². The first-order chi connectivity index (χ1) is 21.2. The van der Waals surface area contributed by atoms with Gasteiger partial charge in [-0.1, -0.05) is 42.5 Å². The van der Waals surface area contributed by atoms with Crippen LogP contribution < -0.4 is 19.6 Å². The predicted molar refractivity (Wildman–Crippen MR) is 156 cm³/mol. The van der Waals surface area contributed by atoms with Crippen LogP contribution in [0.15, 0.2) is 82.0 Å². The molecule has 230 valence electrons. The molecule has 0 aliphatic carbocycles. The Kier molecular flexibility index (Phi) is 9.16. The van der Waals surface area contributed by atoms with E-state index in [9.17, 15) is 30.0 Å². The standard InChI is InChI=1S/C32H30O12/c1-39-23-15-20(35)26-19(34)14-22(41-31(26)30(23)40-2)18-10-6-7-11-21(18)42-32-28(38)27(37)29(24(16-33)43-32)44-25(36)13-12-17-8-4-3-5-9-17/h3-15,24,27-29,32-33,35,37-38H,16H2,1-2H3/b13-12+/t24-,27-,28-,29-,32-/m1/s1. The second-order valence-electron chi connectivity index (χ2n) is 9.78. The molecule has 0 unspecified atom stereocenters. The van der Waals surface area contributed by atoms with Gasteiger partial charge in [0.15, 0.2) is 22.9 Å². The first-order valence-electron chi connectivity index (χ1n) is 13.5. The van der Waals surface area contributed by atoms with Crippen molar-refractivity contribution in [1.82, 2.24) is 0 Å². The fourth-order valence-electron chi connectivity index (χ4n) is 4.84. The van der Waals surface area contributed by atoms with E-state index < -0.39 is 48.7 Å². The lowest BCUT2D eigenvalue weighted by atomic mass is 9.99. The highest BCUT2D eigenvalue weighted by Crippen LogP contribution is 2.42.